The van der Waals surface area contributed by atoms with Crippen LogP contribution >= 0.6 is 0 Å². The van der Waals surface area contributed by atoms with Crippen molar-refractivity contribution in [1.29, 1.82) is 0 Å². The second-order valence-electron chi connectivity index (χ2n) is 23.0. The number of nitrogens with one attached hydrogen (secondary N) is 8. The van der Waals surface area contributed by atoms with Crippen LogP contribution in [0.25, 0.3) is 0 Å². The predicted octanol–water partition coefficient (Wildman–Crippen LogP) is -9.54. The van der Waals surface area contributed by atoms with Crippen molar-refractivity contribution in [3.05, 3.63) is 0 Å². The van der Waals surface area contributed by atoms with Crippen LogP contribution < -0.4 is 106 Å². The van der Waals surface area contributed by atoms with Crippen LogP contribution in [0.4, 0.5) is 0 Å². The van der Waals surface area contributed by atoms with E-state index in [1.807, 2.05) is 0 Å². The number of hydrogen-bond donors (Lipinski definition) is 22. The molecule has 0 saturated carbocycles. The first-order chi connectivity index (χ1) is 45.2. The van der Waals surface area contributed by atoms with E-state index in [1.54, 1.807) is 0 Å². The highest BCUT2D eigenvalue weighted by Crippen LogP contribution is 2.20. The lowest BCUT2D eigenvalue weighted by molar-refractivity contribution is -0.145. The molecule has 0 aliphatic carbocycles. The number of guanidine groups is 4. The van der Waals surface area contributed by atoms with Crippen LogP contribution in [0.5, 0.6) is 0 Å². The van der Waals surface area contributed by atoms with Crippen molar-refractivity contribution in [2.75, 3.05) is 59.4 Å². The monoisotopic (exact) mass is 1370 g/mol. The molecule has 10 amide bonds. The van der Waals surface area contributed by atoms with E-state index in [2.05, 4.69) is 62.5 Å². The molecule has 40 nitrogen and oxygen atoms in total. The Labute approximate surface area is 556 Å². The average molecular weight is 1370 g/mol. The first-order valence-electron chi connectivity index (χ1n) is 31.7. The predicted molar refractivity (Wildman–Crippen MR) is 353 cm³/mol. The van der Waals surface area contributed by atoms with Gasteiger partial charge in [-0.1, -0.05) is 0 Å². The maximum Gasteiger partial charge on any atom is 0.323 e. The molecule has 33 N–H and O–H groups in total. The molecule has 40 heteroatoms. The zero-order valence-electron chi connectivity index (χ0n) is 55.0. The first-order valence-corrected chi connectivity index (χ1v) is 31.7. The third kappa shape index (κ3) is 34.1. The summed E-state index contributed by atoms with van der Waals surface area (Å²) < 4.78 is 0. The Morgan fingerprint density at radius 1 is 0.469 bits per heavy atom. The number of unbranched alkanes of at least 4 members (excludes halogenated alkanes) is 2. The third-order valence-electron chi connectivity index (χ3n) is 14.9. The summed E-state index contributed by atoms with van der Waals surface area (Å²) in [6.07, 6.45) is -1.14. The molecule has 1 aliphatic rings. The molecule has 11 atom stereocenters. The molecule has 1 rings (SSSR count). The minimum Gasteiger partial charge on any atom is -0.481 e. The Balaban J connectivity index is 3.81. The van der Waals surface area contributed by atoms with Gasteiger partial charge in [0.2, 0.25) is 59.1 Å². The van der Waals surface area contributed by atoms with Gasteiger partial charge in [0.25, 0.3) is 0 Å². The number of carbonyl (C=O) groups is 12. The highest BCUT2D eigenvalue weighted by Gasteiger charge is 2.40. The van der Waals surface area contributed by atoms with Crippen LogP contribution in [-0.4, -0.2) is 246 Å². The van der Waals surface area contributed by atoms with Gasteiger partial charge in [-0.3, -0.25) is 77.5 Å². The van der Waals surface area contributed by atoms with Crippen LogP contribution in [0, 0.1) is 0 Å². The van der Waals surface area contributed by atoms with Crippen molar-refractivity contribution >= 4 is 94.8 Å². The Morgan fingerprint density at radius 2 is 0.792 bits per heavy atom. The standard InChI is InChI=1S/C56H105N25O15/c1-30(72-50(94)39-19-12-28-81(39)52(96)42(59)31(2)82)43(87)73-37(20-21-40(83)84)49(93)78-36(17-10-26-70-55(64)65)47(91)77-35(16-9-25-69-54(62)63)46(90)76-34(15-8-24-68-53(60)61)45(89)74-32(13-4-6-22-57)44(88)75-33(14-5-7-23-58)48(92)79-38(18-11-27-71-56(66)67)51(95)80(3)29-41(85)86/h30-39,42,82H,4-29,57-59H2,1-3H3,(H,72,94)(H,73,87)(H,74,89)(H,75,88)(H,76,90)(H,77,91)(H,78,93)(H,79,92)(H,83,84)(H,85,86)(H4,60,61,68)(H4,62,63,69)(H4,64,65,70)(H4,66,67,71)/t30-,31+,32-,33-,34-,35-,36-,37-,38-,39-,42-/m0/s1. The zero-order valence-corrected chi connectivity index (χ0v) is 55.0. The summed E-state index contributed by atoms with van der Waals surface area (Å²) in [6, 6.07) is -14.2. The molecule has 0 unspecified atom stereocenters. The van der Waals surface area contributed by atoms with Gasteiger partial charge in [0.15, 0.2) is 23.8 Å². The van der Waals surface area contributed by atoms with Crippen molar-refractivity contribution in [1.82, 2.24) is 52.3 Å². The molecule has 0 aromatic carbocycles. The minimum atomic E-state index is -1.67. The van der Waals surface area contributed by atoms with E-state index in [0.717, 1.165) is 4.90 Å². The summed E-state index contributed by atoms with van der Waals surface area (Å²) in [7, 11) is 1.23. The number of aliphatic hydroxyl groups is 1. The number of carbonyl (C=O) groups excluding carboxylic acids is 10. The number of carboxylic acids is 2. The minimum absolute atomic E-state index is 0.00102. The summed E-state index contributed by atoms with van der Waals surface area (Å²) >= 11 is 0. The van der Waals surface area contributed by atoms with E-state index in [0.29, 0.717) is 25.7 Å². The SMILES string of the molecule is C[C@H](NC(=O)[C@@H]1CCCN1C(=O)[C@@H](N)[C@@H](C)O)C(=O)N[C@@H](CCC(=O)O)C(=O)N[C@@H](CCCN=C(N)N)C(=O)N[C@@H](CCCN=C(N)N)C(=O)N[C@@H](CCCN=C(N)N)C(=O)N[C@@H](CCCCN)C(=O)N[C@@H](CCCCN)C(=O)N[C@@H](CCCN=C(N)N)C(=O)N(C)CC(=O)O. The van der Waals surface area contributed by atoms with E-state index in [-0.39, 0.29) is 147 Å². The Morgan fingerprint density at radius 3 is 1.11 bits per heavy atom. The van der Waals surface area contributed by atoms with Crippen LogP contribution in [0.1, 0.15) is 129 Å². The smallest absolute Gasteiger partial charge is 0.323 e. The molecule has 0 radical (unpaired) electrons. The Kier molecular flexibility index (Phi) is 40.4. The number of aliphatic carboxylic acids is 2. The fourth-order valence-corrected chi connectivity index (χ4v) is 9.69. The van der Waals surface area contributed by atoms with Gasteiger partial charge in [-0.2, -0.15) is 0 Å². The second kappa shape index (κ2) is 45.8. The number of likely N-dealkylation sites (tertiary alicyclic amines) is 1. The lowest BCUT2D eigenvalue weighted by Crippen LogP contribution is -2.60. The van der Waals surface area contributed by atoms with Gasteiger partial charge in [-0.25, -0.2) is 0 Å². The van der Waals surface area contributed by atoms with Crippen LogP contribution in [0.15, 0.2) is 20.0 Å². The van der Waals surface area contributed by atoms with Gasteiger partial charge in [0.1, 0.15) is 67.0 Å². The highest BCUT2D eigenvalue weighted by molar-refractivity contribution is 5.99. The molecule has 0 aromatic heterocycles. The number of nitrogens with zero attached hydrogens (tertiary/aromatic N) is 6. The van der Waals surface area contributed by atoms with Crippen molar-refractivity contribution < 1.29 is 72.9 Å². The topological polar surface area (TPSA) is 704 Å². The van der Waals surface area contributed by atoms with Crippen molar-refractivity contribution in [2.24, 2.45) is 83.0 Å². The Bertz CT molecular complexity index is 2690. The number of likely N-dealkylation sites (N-methyl/N-ethyl adjacent to an activating group) is 1. The van der Waals surface area contributed by atoms with Gasteiger partial charge < -0.3 is 131 Å². The number of carboxylic acid groups (broad SMARTS) is 2. The highest BCUT2D eigenvalue weighted by atomic mass is 16.4. The summed E-state index contributed by atoms with van der Waals surface area (Å²) in [5.41, 5.74) is 61.7. The first kappa shape index (κ1) is 84.6. The molecule has 1 fully saturated rings. The normalized spacial score (nSPS) is 15.6. The molecule has 0 bridgehead atoms. The van der Waals surface area contributed by atoms with E-state index in [4.69, 9.17) is 63.1 Å². The lowest BCUT2D eigenvalue weighted by Gasteiger charge is -2.29. The van der Waals surface area contributed by atoms with E-state index < -0.39 is 157 Å². The van der Waals surface area contributed by atoms with E-state index in [9.17, 15) is 72.9 Å². The molecular formula is C56H105N25O15. The summed E-state index contributed by atoms with van der Waals surface area (Å²) in [5, 5.41) is 49.6. The van der Waals surface area contributed by atoms with Gasteiger partial charge in [0.05, 0.1) is 6.10 Å². The quantitative estimate of drug-likeness (QED) is 0.0153. The number of aliphatic hydroxyl groups excluding tert-OH is 1. The maximum absolute atomic E-state index is 14.7. The summed E-state index contributed by atoms with van der Waals surface area (Å²) in [6.45, 7) is 2.22. The van der Waals surface area contributed by atoms with Crippen molar-refractivity contribution in [3.8, 4) is 0 Å². The fourth-order valence-electron chi connectivity index (χ4n) is 9.69. The molecule has 0 aromatic rings. The van der Waals surface area contributed by atoms with Gasteiger partial charge in [-0.05, 0) is 136 Å². The number of aliphatic imine (C=N–C) groups is 4. The second-order valence-corrected chi connectivity index (χ2v) is 23.0. The fraction of sp³-hybridized carbons (Fsp3) is 0.714. The third-order valence-corrected chi connectivity index (χ3v) is 14.9. The molecule has 1 heterocycles. The molecular weight excluding hydrogens is 1260 g/mol. The van der Waals surface area contributed by atoms with Crippen LogP contribution in [0.2, 0.25) is 0 Å². The Hall–Kier alpha value is -9.44. The van der Waals surface area contributed by atoms with E-state index in [1.165, 1.54) is 25.8 Å². The average Bonchev–Trinajstić information content (AvgIpc) is 1.63. The summed E-state index contributed by atoms with van der Waals surface area (Å²) in [4.78, 5) is 182. The van der Waals surface area contributed by atoms with Gasteiger partial charge >= 0.3 is 11.9 Å². The number of hydrogen-bond acceptors (Lipinski definition) is 20. The van der Waals surface area contributed by atoms with Crippen LogP contribution in [-0.2, 0) is 57.5 Å². The molecule has 96 heavy (non-hydrogen) atoms. The van der Waals surface area contributed by atoms with Crippen LogP contribution in [0.3, 0.4) is 0 Å². The zero-order chi connectivity index (χ0) is 72.6. The van der Waals surface area contributed by atoms with Crippen molar-refractivity contribution in [2.45, 2.75) is 196 Å². The lowest BCUT2D eigenvalue weighted by atomic mass is 10.0. The number of rotatable bonds is 48. The number of nitrogens with two attached hydrogens (primary N) is 11. The molecule has 544 valence electrons. The number of amides is 10. The van der Waals surface area contributed by atoms with Gasteiger partial charge in [0, 0.05) is 46.2 Å². The maximum atomic E-state index is 14.7. The molecule has 0 spiro atoms. The van der Waals surface area contributed by atoms with Crippen molar-refractivity contribution in [3.63, 3.8) is 0 Å². The molecule has 1 saturated heterocycles. The summed E-state index contributed by atoms with van der Waals surface area (Å²) in [5.74, 6) is -12.8. The molecule has 1 aliphatic heterocycles. The van der Waals surface area contributed by atoms with E-state index >= 15 is 0 Å². The van der Waals surface area contributed by atoms with Gasteiger partial charge in [-0.15, -0.1) is 0 Å². The largest absolute Gasteiger partial charge is 0.481 e.